The number of piperidine rings is 1. The van der Waals surface area contributed by atoms with E-state index >= 15 is 0 Å². The van der Waals surface area contributed by atoms with Crippen molar-refractivity contribution in [3.05, 3.63) is 65.2 Å². The van der Waals surface area contributed by atoms with Crippen LogP contribution in [0.5, 0.6) is 0 Å². The smallest absolute Gasteiger partial charge is 0.255 e. The van der Waals surface area contributed by atoms with Crippen molar-refractivity contribution in [2.45, 2.75) is 12.8 Å². The highest BCUT2D eigenvalue weighted by Gasteiger charge is 2.24. The Kier molecular flexibility index (Phi) is 5.45. The molecule has 1 saturated heterocycles. The second-order valence-electron chi connectivity index (χ2n) is 6.67. The van der Waals surface area contributed by atoms with E-state index in [-0.39, 0.29) is 17.6 Å². The molecule has 26 heavy (non-hydrogen) atoms. The van der Waals surface area contributed by atoms with E-state index < -0.39 is 0 Å². The number of nitrogens with one attached hydrogen (secondary N) is 1. The van der Waals surface area contributed by atoms with Crippen LogP contribution in [0.4, 0.5) is 5.69 Å². The van der Waals surface area contributed by atoms with E-state index in [4.69, 9.17) is 5.26 Å². The number of carbonyl (C=O) groups is 2. The Balaban J connectivity index is 1.72. The molecule has 0 bridgehead atoms. The number of ketones is 1. The highest BCUT2D eigenvalue weighted by molar-refractivity contribution is 6.05. The van der Waals surface area contributed by atoms with Crippen LogP contribution < -0.4 is 5.32 Å². The van der Waals surface area contributed by atoms with Crippen LogP contribution in [0.3, 0.4) is 0 Å². The van der Waals surface area contributed by atoms with Gasteiger partial charge in [-0.05, 0) is 63.3 Å². The Morgan fingerprint density at radius 1 is 1.08 bits per heavy atom. The van der Waals surface area contributed by atoms with Crippen molar-refractivity contribution in [2.24, 2.45) is 5.92 Å². The molecule has 0 unspecified atom stereocenters. The molecule has 0 spiro atoms. The van der Waals surface area contributed by atoms with Gasteiger partial charge < -0.3 is 10.2 Å². The molecule has 0 atom stereocenters. The van der Waals surface area contributed by atoms with Crippen molar-refractivity contribution >= 4 is 17.4 Å². The molecular formula is C21H21N3O2. The number of nitrogens with zero attached hydrogens (tertiary/aromatic N) is 2. The van der Waals surface area contributed by atoms with Gasteiger partial charge >= 0.3 is 0 Å². The third kappa shape index (κ3) is 4.16. The van der Waals surface area contributed by atoms with Crippen LogP contribution in [0.1, 0.15) is 39.1 Å². The lowest BCUT2D eigenvalue weighted by Gasteiger charge is -2.28. The maximum atomic E-state index is 12.7. The van der Waals surface area contributed by atoms with Crippen LogP contribution in [0, 0.1) is 17.2 Å². The molecule has 132 valence electrons. The Morgan fingerprint density at radius 3 is 2.50 bits per heavy atom. The summed E-state index contributed by atoms with van der Waals surface area (Å²) in [6, 6.07) is 15.6. The molecule has 2 aromatic rings. The lowest BCUT2D eigenvalue weighted by atomic mass is 9.89. The molecule has 1 fully saturated rings. The summed E-state index contributed by atoms with van der Waals surface area (Å²) in [6.07, 6.45) is 1.74. The number of Topliss-reactive ketones (excluding diaryl/α,β-unsaturated/α-hetero) is 1. The fraction of sp³-hybridized carbons (Fsp3) is 0.286. The largest absolute Gasteiger partial charge is 0.322 e. The fourth-order valence-corrected chi connectivity index (χ4v) is 3.19. The zero-order valence-corrected chi connectivity index (χ0v) is 14.7. The molecule has 0 saturated carbocycles. The number of nitriles is 1. The van der Waals surface area contributed by atoms with Crippen molar-refractivity contribution in [1.82, 2.24) is 4.90 Å². The molecule has 2 aromatic carbocycles. The van der Waals surface area contributed by atoms with Gasteiger partial charge in [-0.1, -0.05) is 18.2 Å². The number of benzene rings is 2. The Morgan fingerprint density at radius 2 is 1.77 bits per heavy atom. The maximum absolute atomic E-state index is 12.7. The van der Waals surface area contributed by atoms with Gasteiger partial charge in [0.25, 0.3) is 5.91 Å². The highest BCUT2D eigenvalue weighted by atomic mass is 16.1. The average molecular weight is 347 g/mol. The lowest BCUT2D eigenvalue weighted by molar-refractivity contribution is 0.0856. The quantitative estimate of drug-likeness (QED) is 0.861. The number of anilines is 1. The molecule has 0 aliphatic carbocycles. The minimum absolute atomic E-state index is 0.0458. The van der Waals surface area contributed by atoms with Crippen LogP contribution in [-0.4, -0.2) is 36.7 Å². The van der Waals surface area contributed by atoms with Crippen LogP contribution >= 0.6 is 0 Å². The molecule has 1 heterocycles. The van der Waals surface area contributed by atoms with E-state index in [2.05, 4.69) is 17.3 Å². The highest BCUT2D eigenvalue weighted by Crippen LogP contribution is 2.23. The molecule has 5 heteroatoms. The number of likely N-dealkylation sites (tertiary alicyclic amines) is 1. The van der Waals surface area contributed by atoms with E-state index in [9.17, 15) is 9.59 Å². The Hall–Kier alpha value is -2.97. The van der Waals surface area contributed by atoms with Crippen LogP contribution in [0.25, 0.3) is 0 Å². The van der Waals surface area contributed by atoms with Gasteiger partial charge in [0.05, 0.1) is 11.6 Å². The van der Waals surface area contributed by atoms with E-state index in [1.165, 1.54) is 0 Å². The second kappa shape index (κ2) is 7.94. The molecule has 0 aromatic heterocycles. The van der Waals surface area contributed by atoms with Crippen LogP contribution in [0.2, 0.25) is 0 Å². The predicted molar refractivity (Wildman–Crippen MR) is 100 cm³/mol. The topological polar surface area (TPSA) is 73.2 Å². The van der Waals surface area contributed by atoms with Gasteiger partial charge in [-0.3, -0.25) is 9.59 Å². The first-order chi connectivity index (χ1) is 12.6. The first-order valence-corrected chi connectivity index (χ1v) is 8.71. The molecule has 1 aliphatic rings. The summed E-state index contributed by atoms with van der Waals surface area (Å²) in [5, 5.41) is 11.8. The van der Waals surface area contributed by atoms with E-state index in [0.29, 0.717) is 22.4 Å². The standard InChI is InChI=1S/C21H21N3O2/c1-24-10-8-16(9-11-24)20(25)17-5-3-7-19(13-17)23-21(26)18-6-2-4-15(12-18)14-22/h2-7,12-13,16H,8-11H2,1H3,(H,23,26). The van der Waals surface area contributed by atoms with Gasteiger partial charge in [0.15, 0.2) is 5.78 Å². The summed E-state index contributed by atoms with van der Waals surface area (Å²) >= 11 is 0. The summed E-state index contributed by atoms with van der Waals surface area (Å²) in [6.45, 7) is 1.87. The van der Waals surface area contributed by atoms with Gasteiger partial charge in [-0.25, -0.2) is 0 Å². The van der Waals surface area contributed by atoms with Crippen molar-refractivity contribution in [3.8, 4) is 6.07 Å². The number of amides is 1. The van der Waals surface area contributed by atoms with Crippen LogP contribution in [0.15, 0.2) is 48.5 Å². The van der Waals surface area contributed by atoms with Crippen molar-refractivity contribution in [3.63, 3.8) is 0 Å². The fourth-order valence-electron chi connectivity index (χ4n) is 3.19. The molecule has 0 radical (unpaired) electrons. The first kappa shape index (κ1) is 17.8. The van der Waals surface area contributed by atoms with E-state index in [1.54, 1.807) is 48.5 Å². The minimum Gasteiger partial charge on any atom is -0.322 e. The third-order valence-corrected chi connectivity index (χ3v) is 4.75. The number of hydrogen-bond donors (Lipinski definition) is 1. The molecular weight excluding hydrogens is 326 g/mol. The van der Waals surface area contributed by atoms with Gasteiger partial charge in [-0.2, -0.15) is 5.26 Å². The number of carbonyl (C=O) groups excluding carboxylic acids is 2. The van der Waals surface area contributed by atoms with Gasteiger partial charge in [0.1, 0.15) is 0 Å². The van der Waals surface area contributed by atoms with Gasteiger partial charge in [0.2, 0.25) is 0 Å². The summed E-state index contributed by atoms with van der Waals surface area (Å²) in [5.41, 5.74) is 2.05. The normalized spacial score (nSPS) is 15.2. The summed E-state index contributed by atoms with van der Waals surface area (Å²) < 4.78 is 0. The average Bonchev–Trinajstić information content (AvgIpc) is 2.68. The SMILES string of the molecule is CN1CCC(C(=O)c2cccc(NC(=O)c3cccc(C#N)c3)c2)CC1. The summed E-state index contributed by atoms with van der Waals surface area (Å²) in [7, 11) is 2.07. The minimum atomic E-state index is -0.300. The summed E-state index contributed by atoms with van der Waals surface area (Å²) in [4.78, 5) is 27.4. The van der Waals surface area contributed by atoms with Crippen molar-refractivity contribution in [2.75, 3.05) is 25.5 Å². The zero-order valence-electron chi connectivity index (χ0n) is 14.7. The van der Waals surface area contributed by atoms with Gasteiger partial charge in [-0.15, -0.1) is 0 Å². The molecule has 3 rings (SSSR count). The monoisotopic (exact) mass is 347 g/mol. The van der Waals surface area contributed by atoms with E-state index in [0.717, 1.165) is 25.9 Å². The molecule has 1 N–H and O–H groups in total. The van der Waals surface area contributed by atoms with Gasteiger partial charge in [0, 0.05) is 22.7 Å². The van der Waals surface area contributed by atoms with Crippen LogP contribution in [-0.2, 0) is 0 Å². The summed E-state index contributed by atoms with van der Waals surface area (Å²) in [5.74, 6) is -0.115. The lowest BCUT2D eigenvalue weighted by Crippen LogP contribution is -2.33. The van der Waals surface area contributed by atoms with Crippen molar-refractivity contribution < 1.29 is 9.59 Å². The predicted octanol–water partition coefficient (Wildman–Crippen LogP) is 3.34. The first-order valence-electron chi connectivity index (χ1n) is 8.71. The Labute approximate surface area is 153 Å². The van der Waals surface area contributed by atoms with E-state index in [1.807, 2.05) is 6.07 Å². The molecule has 1 amide bonds. The third-order valence-electron chi connectivity index (χ3n) is 4.75. The second-order valence-corrected chi connectivity index (χ2v) is 6.67. The molecule has 5 nitrogen and oxygen atoms in total. The number of hydrogen-bond acceptors (Lipinski definition) is 4. The zero-order chi connectivity index (χ0) is 18.5. The Bertz CT molecular complexity index is 862. The number of rotatable bonds is 4. The van der Waals surface area contributed by atoms with Crippen molar-refractivity contribution in [1.29, 1.82) is 5.26 Å². The maximum Gasteiger partial charge on any atom is 0.255 e. The molecule has 1 aliphatic heterocycles.